The van der Waals surface area contributed by atoms with Crippen LogP contribution in [0, 0.1) is 17.3 Å². The van der Waals surface area contributed by atoms with E-state index in [1.807, 2.05) is 6.92 Å². The number of fused-ring (bicyclic) bond motifs is 1. The third-order valence-electron chi connectivity index (χ3n) is 5.77. The molecule has 2 saturated heterocycles. The van der Waals surface area contributed by atoms with Crippen molar-refractivity contribution < 1.29 is 19.4 Å². The second kappa shape index (κ2) is 5.54. The summed E-state index contributed by atoms with van der Waals surface area (Å²) in [5.41, 5.74) is -0.659. The molecule has 4 nitrogen and oxygen atoms in total. The minimum atomic E-state index is -0.667. The number of carboxylic acids is 1. The number of carbonyl (C=O) groups is 1. The maximum atomic E-state index is 11.8. The van der Waals surface area contributed by atoms with Crippen LogP contribution in [0.1, 0.15) is 59.3 Å². The highest BCUT2D eigenvalue weighted by Gasteiger charge is 2.51. The predicted octanol–water partition coefficient (Wildman–Crippen LogP) is 3.24. The lowest BCUT2D eigenvalue weighted by Crippen LogP contribution is -2.35. The Morgan fingerprint density at radius 3 is 2.57 bits per heavy atom. The van der Waals surface area contributed by atoms with Gasteiger partial charge in [-0.25, -0.2) is 0 Å². The van der Waals surface area contributed by atoms with E-state index in [1.54, 1.807) is 0 Å². The molecule has 0 aromatic heterocycles. The minimum absolute atomic E-state index is 0.162. The van der Waals surface area contributed by atoms with Gasteiger partial charge in [0, 0.05) is 0 Å². The van der Waals surface area contributed by atoms with E-state index in [9.17, 15) is 9.90 Å². The maximum absolute atomic E-state index is 11.8. The Hall–Kier alpha value is -0.610. The number of aliphatic carboxylic acids is 1. The SMILES string of the molecule is CCCC1OC1CC(C)(CC1CC2OC2CC1C)C(=O)O. The van der Waals surface area contributed by atoms with Gasteiger partial charge in [0.15, 0.2) is 0 Å². The Balaban J connectivity index is 1.59. The lowest BCUT2D eigenvalue weighted by Gasteiger charge is -2.34. The van der Waals surface area contributed by atoms with E-state index in [0.717, 1.165) is 32.1 Å². The highest BCUT2D eigenvalue weighted by Crippen LogP contribution is 2.48. The Kier molecular flexibility index (Phi) is 4.04. The fourth-order valence-electron chi connectivity index (χ4n) is 4.15. The molecule has 3 fully saturated rings. The summed E-state index contributed by atoms with van der Waals surface area (Å²) in [4.78, 5) is 11.8. The van der Waals surface area contributed by atoms with Gasteiger partial charge in [-0.05, 0) is 50.9 Å². The number of carboxylic acid groups (broad SMARTS) is 1. The minimum Gasteiger partial charge on any atom is -0.481 e. The summed E-state index contributed by atoms with van der Waals surface area (Å²) in [6.07, 6.45) is 7.05. The second-order valence-corrected chi connectivity index (χ2v) is 7.70. The summed E-state index contributed by atoms with van der Waals surface area (Å²) in [5.74, 6) is 0.372. The van der Waals surface area contributed by atoms with Crippen LogP contribution in [0.5, 0.6) is 0 Å². The average Bonchev–Trinajstić information content (AvgIpc) is 3.29. The van der Waals surface area contributed by atoms with Crippen LogP contribution in [0.2, 0.25) is 0 Å². The van der Waals surface area contributed by atoms with Crippen molar-refractivity contribution in [2.24, 2.45) is 17.3 Å². The van der Waals surface area contributed by atoms with Crippen molar-refractivity contribution >= 4 is 5.97 Å². The summed E-state index contributed by atoms with van der Waals surface area (Å²) in [7, 11) is 0. The van der Waals surface area contributed by atoms with Crippen LogP contribution < -0.4 is 0 Å². The first kappa shape index (κ1) is 15.3. The number of ether oxygens (including phenoxy) is 2. The third kappa shape index (κ3) is 3.26. The molecule has 1 N–H and O–H groups in total. The molecule has 7 unspecified atom stereocenters. The zero-order valence-corrected chi connectivity index (χ0v) is 13.4. The molecule has 1 saturated carbocycles. The Labute approximate surface area is 127 Å². The van der Waals surface area contributed by atoms with Gasteiger partial charge in [-0.2, -0.15) is 0 Å². The molecule has 0 aromatic rings. The highest BCUT2D eigenvalue weighted by atomic mass is 16.6. The summed E-state index contributed by atoms with van der Waals surface area (Å²) in [5, 5.41) is 9.73. The molecule has 1 aliphatic carbocycles. The van der Waals surface area contributed by atoms with E-state index in [-0.39, 0.29) is 6.10 Å². The fraction of sp³-hybridized carbons (Fsp3) is 0.941. The number of rotatable bonds is 7. The quantitative estimate of drug-likeness (QED) is 0.733. The van der Waals surface area contributed by atoms with Crippen LogP contribution in [0.3, 0.4) is 0 Å². The van der Waals surface area contributed by atoms with E-state index in [1.165, 1.54) is 0 Å². The molecular formula is C17H28O4. The first-order chi connectivity index (χ1) is 9.93. The number of hydrogen-bond donors (Lipinski definition) is 1. The van der Waals surface area contributed by atoms with Crippen molar-refractivity contribution in [3.05, 3.63) is 0 Å². The van der Waals surface area contributed by atoms with E-state index in [0.29, 0.717) is 36.6 Å². The molecule has 3 aliphatic rings. The van der Waals surface area contributed by atoms with Crippen molar-refractivity contribution in [1.29, 1.82) is 0 Å². The number of epoxide rings is 2. The smallest absolute Gasteiger partial charge is 0.309 e. The van der Waals surface area contributed by atoms with Gasteiger partial charge < -0.3 is 14.6 Å². The van der Waals surface area contributed by atoms with Crippen LogP contribution in [0.4, 0.5) is 0 Å². The van der Waals surface area contributed by atoms with Gasteiger partial charge in [-0.1, -0.05) is 20.3 Å². The molecule has 120 valence electrons. The van der Waals surface area contributed by atoms with Gasteiger partial charge in [0.05, 0.1) is 29.8 Å². The van der Waals surface area contributed by atoms with Crippen molar-refractivity contribution in [1.82, 2.24) is 0 Å². The molecule has 21 heavy (non-hydrogen) atoms. The fourth-order valence-corrected chi connectivity index (χ4v) is 4.15. The van der Waals surface area contributed by atoms with Crippen molar-refractivity contribution in [2.75, 3.05) is 0 Å². The van der Waals surface area contributed by atoms with E-state index in [4.69, 9.17) is 9.47 Å². The molecule has 0 amide bonds. The molecule has 0 spiro atoms. The van der Waals surface area contributed by atoms with Gasteiger partial charge in [0.25, 0.3) is 0 Å². The zero-order chi connectivity index (χ0) is 15.2. The molecule has 4 heteroatoms. The van der Waals surface area contributed by atoms with E-state index >= 15 is 0 Å². The first-order valence-corrected chi connectivity index (χ1v) is 8.47. The van der Waals surface area contributed by atoms with Gasteiger partial charge in [0.2, 0.25) is 0 Å². The predicted molar refractivity (Wildman–Crippen MR) is 79.1 cm³/mol. The van der Waals surface area contributed by atoms with Crippen LogP contribution in [-0.2, 0) is 14.3 Å². The van der Waals surface area contributed by atoms with Crippen molar-refractivity contribution in [3.8, 4) is 0 Å². The molecular weight excluding hydrogens is 268 g/mol. The van der Waals surface area contributed by atoms with Crippen LogP contribution in [-0.4, -0.2) is 35.5 Å². The summed E-state index contributed by atoms with van der Waals surface area (Å²) >= 11 is 0. The normalized spacial score (nSPS) is 43.8. The number of hydrogen-bond acceptors (Lipinski definition) is 3. The van der Waals surface area contributed by atoms with E-state index < -0.39 is 11.4 Å². The van der Waals surface area contributed by atoms with Gasteiger partial charge >= 0.3 is 5.97 Å². The second-order valence-electron chi connectivity index (χ2n) is 7.70. The van der Waals surface area contributed by atoms with Crippen molar-refractivity contribution in [3.63, 3.8) is 0 Å². The Morgan fingerprint density at radius 2 is 1.90 bits per heavy atom. The van der Waals surface area contributed by atoms with Crippen molar-refractivity contribution in [2.45, 2.75) is 83.7 Å². The van der Waals surface area contributed by atoms with Crippen LogP contribution >= 0.6 is 0 Å². The molecule has 2 heterocycles. The zero-order valence-electron chi connectivity index (χ0n) is 13.4. The van der Waals surface area contributed by atoms with Crippen LogP contribution in [0.25, 0.3) is 0 Å². The maximum Gasteiger partial charge on any atom is 0.309 e. The Bertz CT molecular complexity index is 410. The van der Waals surface area contributed by atoms with Gasteiger partial charge in [-0.3, -0.25) is 4.79 Å². The molecule has 0 aromatic carbocycles. The lowest BCUT2D eigenvalue weighted by molar-refractivity contribution is -0.150. The molecule has 0 radical (unpaired) electrons. The van der Waals surface area contributed by atoms with Gasteiger partial charge in [0.1, 0.15) is 0 Å². The highest BCUT2D eigenvalue weighted by molar-refractivity contribution is 5.74. The topological polar surface area (TPSA) is 62.4 Å². The standard InChI is InChI=1S/C17H28O4/c1-4-5-12-15(20-12)9-17(3,16(18)19)8-11-7-14-13(21-14)6-10(11)2/h10-15H,4-9H2,1-3H3,(H,18,19). The molecule has 2 aliphatic heterocycles. The van der Waals surface area contributed by atoms with Gasteiger partial charge in [-0.15, -0.1) is 0 Å². The average molecular weight is 296 g/mol. The van der Waals surface area contributed by atoms with Crippen LogP contribution in [0.15, 0.2) is 0 Å². The molecule has 3 rings (SSSR count). The third-order valence-corrected chi connectivity index (χ3v) is 5.77. The van der Waals surface area contributed by atoms with E-state index in [2.05, 4.69) is 13.8 Å². The monoisotopic (exact) mass is 296 g/mol. The first-order valence-electron chi connectivity index (χ1n) is 8.47. The summed E-state index contributed by atoms with van der Waals surface area (Å²) < 4.78 is 11.3. The largest absolute Gasteiger partial charge is 0.481 e. The molecule has 7 atom stereocenters. The Morgan fingerprint density at radius 1 is 1.19 bits per heavy atom. The summed E-state index contributed by atoms with van der Waals surface area (Å²) in [6.45, 7) is 6.30. The summed E-state index contributed by atoms with van der Waals surface area (Å²) in [6, 6.07) is 0. The molecule has 0 bridgehead atoms. The lowest BCUT2D eigenvalue weighted by atomic mass is 9.69.